The van der Waals surface area contributed by atoms with Gasteiger partial charge in [-0.1, -0.05) is 0 Å². The number of benzene rings is 1. The SMILES string of the molecule is CCS(=O)(=O)N1CCN(c2nc3cc(C)c(C)cc3nc2C(F)(F)F)CC1. The molecule has 10 heteroatoms. The van der Waals surface area contributed by atoms with Crippen LogP contribution < -0.4 is 4.90 Å². The molecule has 0 amide bonds. The van der Waals surface area contributed by atoms with E-state index in [0.717, 1.165) is 11.1 Å². The molecule has 148 valence electrons. The Morgan fingerprint density at radius 1 is 1.00 bits per heavy atom. The van der Waals surface area contributed by atoms with Crippen molar-refractivity contribution < 1.29 is 21.6 Å². The maximum absolute atomic E-state index is 13.6. The fraction of sp³-hybridized carbons (Fsp3) is 0.529. The zero-order chi connectivity index (χ0) is 20.0. The third-order valence-corrected chi connectivity index (χ3v) is 6.71. The molecule has 3 rings (SSSR count). The molecule has 0 N–H and O–H groups in total. The summed E-state index contributed by atoms with van der Waals surface area (Å²) in [5, 5.41) is 0. The molecule has 0 bridgehead atoms. The Kier molecular flexibility index (Phi) is 5.06. The number of halogens is 3. The highest BCUT2D eigenvalue weighted by atomic mass is 32.2. The first-order chi connectivity index (χ1) is 12.5. The van der Waals surface area contributed by atoms with Crippen LogP contribution >= 0.6 is 0 Å². The number of fused-ring (bicyclic) bond motifs is 1. The summed E-state index contributed by atoms with van der Waals surface area (Å²) in [4.78, 5) is 9.56. The van der Waals surface area contributed by atoms with Crippen LogP contribution in [0.5, 0.6) is 0 Å². The second-order valence-electron chi connectivity index (χ2n) is 6.61. The van der Waals surface area contributed by atoms with E-state index < -0.39 is 21.9 Å². The van der Waals surface area contributed by atoms with Crippen LogP contribution in [-0.4, -0.2) is 54.6 Å². The van der Waals surface area contributed by atoms with E-state index in [1.165, 1.54) is 9.21 Å². The lowest BCUT2D eigenvalue weighted by Crippen LogP contribution is -2.49. The summed E-state index contributed by atoms with van der Waals surface area (Å²) < 4.78 is 66.0. The molecule has 0 aliphatic carbocycles. The fourth-order valence-electron chi connectivity index (χ4n) is 3.07. The molecule has 1 fully saturated rings. The third-order valence-electron chi connectivity index (χ3n) is 4.83. The van der Waals surface area contributed by atoms with Crippen molar-refractivity contribution in [1.82, 2.24) is 14.3 Å². The van der Waals surface area contributed by atoms with Crippen molar-refractivity contribution in [3.63, 3.8) is 0 Å². The summed E-state index contributed by atoms with van der Waals surface area (Å²) in [6.45, 7) is 5.73. The largest absolute Gasteiger partial charge is 0.437 e. The highest BCUT2D eigenvalue weighted by molar-refractivity contribution is 7.89. The number of anilines is 1. The van der Waals surface area contributed by atoms with E-state index in [9.17, 15) is 21.6 Å². The molecule has 0 saturated carbocycles. The molecule has 6 nitrogen and oxygen atoms in total. The van der Waals surface area contributed by atoms with Crippen LogP contribution in [0.1, 0.15) is 23.7 Å². The van der Waals surface area contributed by atoms with Crippen molar-refractivity contribution in [2.24, 2.45) is 0 Å². The zero-order valence-electron chi connectivity index (χ0n) is 15.3. The molecule has 2 aromatic rings. The number of sulfonamides is 1. The van der Waals surface area contributed by atoms with Crippen molar-refractivity contribution >= 4 is 26.9 Å². The first-order valence-corrected chi connectivity index (χ1v) is 10.2. The second kappa shape index (κ2) is 6.90. The Bertz CT molecular complexity index is 968. The van der Waals surface area contributed by atoms with Gasteiger partial charge in [-0.3, -0.25) is 0 Å². The molecule has 0 atom stereocenters. The van der Waals surface area contributed by atoms with Gasteiger partial charge >= 0.3 is 6.18 Å². The average Bonchev–Trinajstić information content (AvgIpc) is 2.61. The molecular weight excluding hydrogens is 381 g/mol. The highest BCUT2D eigenvalue weighted by Gasteiger charge is 2.39. The van der Waals surface area contributed by atoms with Gasteiger partial charge in [-0.15, -0.1) is 0 Å². The second-order valence-corrected chi connectivity index (χ2v) is 8.86. The Morgan fingerprint density at radius 2 is 1.52 bits per heavy atom. The molecule has 1 aromatic carbocycles. The lowest BCUT2D eigenvalue weighted by Gasteiger charge is -2.35. The van der Waals surface area contributed by atoms with Gasteiger partial charge in [0.2, 0.25) is 10.0 Å². The number of nitrogens with zero attached hydrogens (tertiary/aromatic N) is 4. The first-order valence-electron chi connectivity index (χ1n) is 8.62. The van der Waals surface area contributed by atoms with Crippen LogP contribution in [0, 0.1) is 13.8 Å². The van der Waals surface area contributed by atoms with Gasteiger partial charge in [0.1, 0.15) is 0 Å². The first kappa shape index (κ1) is 19.8. The highest BCUT2D eigenvalue weighted by Crippen LogP contribution is 2.36. The number of piperazine rings is 1. The normalized spacial score (nSPS) is 16.9. The van der Waals surface area contributed by atoms with Crippen LogP contribution in [0.15, 0.2) is 12.1 Å². The Morgan fingerprint density at radius 3 is 2.00 bits per heavy atom. The molecule has 1 aliphatic heterocycles. The molecular formula is C17H21F3N4O2S. The summed E-state index contributed by atoms with van der Waals surface area (Å²) in [6, 6.07) is 3.32. The van der Waals surface area contributed by atoms with Gasteiger partial charge in [0.25, 0.3) is 0 Å². The number of aromatic nitrogens is 2. The van der Waals surface area contributed by atoms with E-state index in [-0.39, 0.29) is 43.3 Å². The number of hydrogen-bond acceptors (Lipinski definition) is 5. The summed E-state index contributed by atoms with van der Waals surface area (Å²) >= 11 is 0. The van der Waals surface area contributed by atoms with Crippen LogP contribution in [0.2, 0.25) is 0 Å². The molecule has 1 saturated heterocycles. The molecule has 1 aliphatic rings. The molecule has 1 aromatic heterocycles. The minimum atomic E-state index is -4.65. The summed E-state index contributed by atoms with van der Waals surface area (Å²) in [6.07, 6.45) is -4.65. The van der Waals surface area contributed by atoms with Crippen molar-refractivity contribution in [3.05, 3.63) is 29.0 Å². The van der Waals surface area contributed by atoms with Crippen molar-refractivity contribution in [2.45, 2.75) is 26.9 Å². The van der Waals surface area contributed by atoms with Crippen molar-refractivity contribution in [3.8, 4) is 0 Å². The van der Waals surface area contributed by atoms with Crippen LogP contribution in [0.4, 0.5) is 19.0 Å². The molecule has 0 unspecified atom stereocenters. The van der Waals surface area contributed by atoms with Gasteiger partial charge < -0.3 is 4.90 Å². The Hall–Kier alpha value is -1.94. The number of rotatable bonds is 3. The monoisotopic (exact) mass is 402 g/mol. The van der Waals surface area contributed by atoms with Gasteiger partial charge in [-0.05, 0) is 44.0 Å². The predicted octanol–water partition coefficient (Wildman–Crippen LogP) is 2.74. The van der Waals surface area contributed by atoms with Gasteiger partial charge in [0, 0.05) is 26.2 Å². The lowest BCUT2D eigenvalue weighted by atomic mass is 10.1. The van der Waals surface area contributed by atoms with E-state index in [1.807, 2.05) is 13.8 Å². The third kappa shape index (κ3) is 3.86. The average molecular weight is 402 g/mol. The topological polar surface area (TPSA) is 66.4 Å². The van der Waals surface area contributed by atoms with Crippen LogP contribution in [0.25, 0.3) is 11.0 Å². The summed E-state index contributed by atoms with van der Waals surface area (Å²) in [7, 11) is -3.36. The lowest BCUT2D eigenvalue weighted by molar-refractivity contribution is -0.140. The predicted molar refractivity (Wildman–Crippen MR) is 97.3 cm³/mol. The van der Waals surface area contributed by atoms with Gasteiger partial charge in [0.15, 0.2) is 11.5 Å². The zero-order valence-corrected chi connectivity index (χ0v) is 16.2. The van der Waals surface area contributed by atoms with E-state index >= 15 is 0 Å². The van der Waals surface area contributed by atoms with Gasteiger partial charge in [-0.25, -0.2) is 18.4 Å². The minimum absolute atomic E-state index is 0.0325. The van der Waals surface area contributed by atoms with Gasteiger partial charge in [-0.2, -0.15) is 17.5 Å². The molecule has 27 heavy (non-hydrogen) atoms. The van der Waals surface area contributed by atoms with Gasteiger partial charge in [0.05, 0.1) is 16.8 Å². The van der Waals surface area contributed by atoms with Crippen molar-refractivity contribution in [2.75, 3.05) is 36.8 Å². The molecule has 0 radical (unpaired) electrons. The smallest absolute Gasteiger partial charge is 0.352 e. The van der Waals surface area contributed by atoms with E-state index in [4.69, 9.17) is 0 Å². The molecule has 2 heterocycles. The fourth-order valence-corrected chi connectivity index (χ4v) is 4.16. The number of hydrogen-bond donors (Lipinski definition) is 0. The maximum atomic E-state index is 13.6. The van der Waals surface area contributed by atoms with E-state index in [1.54, 1.807) is 19.1 Å². The summed E-state index contributed by atoms with van der Waals surface area (Å²) in [5.41, 5.74) is 1.31. The van der Waals surface area contributed by atoms with E-state index in [2.05, 4.69) is 9.97 Å². The summed E-state index contributed by atoms with van der Waals surface area (Å²) in [5.74, 6) is -0.276. The van der Waals surface area contributed by atoms with Crippen molar-refractivity contribution in [1.29, 1.82) is 0 Å². The van der Waals surface area contributed by atoms with E-state index in [0.29, 0.717) is 5.52 Å². The maximum Gasteiger partial charge on any atom is 0.437 e. The van der Waals surface area contributed by atoms with Crippen LogP contribution in [0.3, 0.4) is 0 Å². The number of aryl methyl sites for hydroxylation is 2. The molecule has 0 spiro atoms. The minimum Gasteiger partial charge on any atom is -0.352 e. The Labute approximate surface area is 156 Å². The standard InChI is InChI=1S/C17H21F3N4O2S/c1-4-27(25,26)24-7-5-23(6-8-24)16-15(17(18,19)20)21-13-9-11(2)12(3)10-14(13)22-16/h9-10H,4-8H2,1-3H3. The van der Waals surface area contributed by atoms with Crippen LogP contribution in [-0.2, 0) is 16.2 Å². The Balaban J connectivity index is 2.02. The quantitative estimate of drug-likeness (QED) is 0.790. The number of alkyl halides is 3.